The zero-order chi connectivity index (χ0) is 18.9. The molecule has 1 aromatic heterocycles. The summed E-state index contributed by atoms with van der Waals surface area (Å²) in [5, 5.41) is 16.2. The van der Waals surface area contributed by atoms with Crippen LogP contribution in [0.1, 0.15) is 27.7 Å². The van der Waals surface area contributed by atoms with Gasteiger partial charge in [0.15, 0.2) is 0 Å². The van der Waals surface area contributed by atoms with Crippen LogP contribution in [-0.2, 0) is 6.42 Å². The van der Waals surface area contributed by atoms with E-state index < -0.39 is 6.10 Å². The average molecular weight is 434 g/mol. The molecule has 154 valence electrons. The van der Waals surface area contributed by atoms with Crippen LogP contribution in [0.5, 0.6) is 0 Å². The van der Waals surface area contributed by atoms with Crippen LogP contribution < -0.4 is 10.6 Å². The van der Waals surface area contributed by atoms with Gasteiger partial charge in [0.25, 0.3) is 5.91 Å². The fourth-order valence-electron chi connectivity index (χ4n) is 2.71. The first-order valence-electron chi connectivity index (χ1n) is 8.97. The van der Waals surface area contributed by atoms with Gasteiger partial charge in [0.2, 0.25) is 0 Å². The molecular formula is C22H25Cl2N3O2. The third kappa shape index (κ3) is 7.83. The molecule has 3 rings (SSSR count). The van der Waals surface area contributed by atoms with Crippen LogP contribution in [0, 0.1) is 0 Å². The Morgan fingerprint density at radius 1 is 0.931 bits per heavy atom. The number of nitrogens with zero attached hydrogens (tertiary/aromatic N) is 1. The van der Waals surface area contributed by atoms with E-state index in [4.69, 9.17) is 0 Å². The van der Waals surface area contributed by atoms with Gasteiger partial charge in [-0.2, -0.15) is 0 Å². The number of halogens is 2. The Balaban J connectivity index is 0.00000210. The van der Waals surface area contributed by atoms with Crippen molar-refractivity contribution in [1.82, 2.24) is 10.3 Å². The largest absolute Gasteiger partial charge is 0.387 e. The lowest BCUT2D eigenvalue weighted by Crippen LogP contribution is -2.23. The van der Waals surface area contributed by atoms with Crippen molar-refractivity contribution < 1.29 is 9.90 Å². The maximum atomic E-state index is 12.1. The SMILES string of the molecule is Cl.Cl.O=C(Nc1ccc(CCNC[C@H](O)c2ccccc2)cc1)c1ccccn1. The van der Waals surface area contributed by atoms with Crippen LogP contribution in [0.25, 0.3) is 0 Å². The molecule has 0 unspecified atom stereocenters. The van der Waals surface area contributed by atoms with Crippen molar-refractivity contribution in [3.05, 3.63) is 95.8 Å². The maximum absolute atomic E-state index is 12.1. The van der Waals surface area contributed by atoms with Crippen LogP contribution >= 0.6 is 24.8 Å². The summed E-state index contributed by atoms with van der Waals surface area (Å²) in [6.45, 7) is 1.28. The van der Waals surface area contributed by atoms with Gasteiger partial charge in [-0.15, -0.1) is 24.8 Å². The molecule has 0 aliphatic carbocycles. The van der Waals surface area contributed by atoms with Crippen molar-refractivity contribution in [2.45, 2.75) is 12.5 Å². The van der Waals surface area contributed by atoms with Gasteiger partial charge in [-0.05, 0) is 48.4 Å². The van der Waals surface area contributed by atoms with E-state index in [2.05, 4.69) is 15.6 Å². The number of anilines is 1. The highest BCUT2D eigenvalue weighted by atomic mass is 35.5. The van der Waals surface area contributed by atoms with E-state index in [1.807, 2.05) is 54.6 Å². The lowest BCUT2D eigenvalue weighted by atomic mass is 10.1. The number of nitrogens with one attached hydrogen (secondary N) is 2. The summed E-state index contributed by atoms with van der Waals surface area (Å²) in [6, 6.07) is 22.6. The second-order valence-corrected chi connectivity index (χ2v) is 6.25. The van der Waals surface area contributed by atoms with Crippen molar-refractivity contribution in [1.29, 1.82) is 0 Å². The highest BCUT2D eigenvalue weighted by Gasteiger charge is 2.07. The maximum Gasteiger partial charge on any atom is 0.274 e. The Bertz CT molecular complexity index is 847. The first-order chi connectivity index (χ1) is 13.2. The predicted molar refractivity (Wildman–Crippen MR) is 121 cm³/mol. The number of hydrogen-bond acceptors (Lipinski definition) is 4. The van der Waals surface area contributed by atoms with Crippen molar-refractivity contribution in [3.8, 4) is 0 Å². The molecule has 0 saturated heterocycles. The highest BCUT2D eigenvalue weighted by molar-refractivity contribution is 6.02. The molecule has 29 heavy (non-hydrogen) atoms. The number of aliphatic hydroxyl groups excluding tert-OH is 1. The second-order valence-electron chi connectivity index (χ2n) is 6.25. The molecule has 2 aromatic carbocycles. The van der Waals surface area contributed by atoms with E-state index >= 15 is 0 Å². The molecule has 0 saturated carbocycles. The molecule has 0 radical (unpaired) electrons. The molecule has 0 aliphatic rings. The van der Waals surface area contributed by atoms with E-state index in [0.29, 0.717) is 12.2 Å². The molecule has 0 aliphatic heterocycles. The Hall–Kier alpha value is -2.44. The quantitative estimate of drug-likeness (QED) is 0.468. The van der Waals surface area contributed by atoms with E-state index in [1.54, 1.807) is 24.4 Å². The third-order valence-electron chi connectivity index (χ3n) is 4.22. The number of pyridine rings is 1. The Morgan fingerprint density at radius 2 is 1.62 bits per heavy atom. The summed E-state index contributed by atoms with van der Waals surface area (Å²) in [6.07, 6.45) is 1.94. The standard InChI is InChI=1S/C22H23N3O2.2ClH/c26-21(18-6-2-1-3-7-18)16-23-15-13-17-9-11-19(12-10-17)25-22(27)20-8-4-5-14-24-20;;/h1-12,14,21,23,26H,13,15-16H2,(H,25,27);2*1H/t21-;;/m0../s1. The Morgan fingerprint density at radius 3 is 2.28 bits per heavy atom. The summed E-state index contributed by atoms with van der Waals surface area (Å²) >= 11 is 0. The number of carbonyl (C=O) groups excluding carboxylic acids is 1. The highest BCUT2D eigenvalue weighted by Crippen LogP contribution is 2.12. The summed E-state index contributed by atoms with van der Waals surface area (Å²) in [5.74, 6) is -0.222. The predicted octanol–water partition coefficient (Wildman–Crippen LogP) is 4.04. The van der Waals surface area contributed by atoms with Gasteiger partial charge in [0, 0.05) is 18.4 Å². The summed E-state index contributed by atoms with van der Waals surface area (Å²) in [4.78, 5) is 16.1. The first kappa shape index (κ1) is 24.6. The minimum atomic E-state index is -0.504. The first-order valence-corrected chi connectivity index (χ1v) is 8.97. The number of hydrogen-bond donors (Lipinski definition) is 3. The van der Waals surface area contributed by atoms with Crippen LogP contribution in [0.4, 0.5) is 5.69 Å². The molecule has 1 amide bonds. The number of rotatable bonds is 8. The van der Waals surface area contributed by atoms with E-state index in [1.165, 1.54) is 0 Å². The minimum absolute atomic E-state index is 0. The number of amides is 1. The zero-order valence-electron chi connectivity index (χ0n) is 15.8. The van der Waals surface area contributed by atoms with Crippen LogP contribution in [-0.4, -0.2) is 29.1 Å². The van der Waals surface area contributed by atoms with Gasteiger partial charge < -0.3 is 15.7 Å². The van der Waals surface area contributed by atoms with Gasteiger partial charge in [-0.25, -0.2) is 0 Å². The fraction of sp³-hybridized carbons (Fsp3) is 0.182. The van der Waals surface area contributed by atoms with Crippen LogP contribution in [0.15, 0.2) is 79.0 Å². The van der Waals surface area contributed by atoms with Crippen molar-refractivity contribution in [2.24, 2.45) is 0 Å². The number of aromatic nitrogens is 1. The topological polar surface area (TPSA) is 74.2 Å². The molecule has 1 atom stereocenters. The van der Waals surface area contributed by atoms with Gasteiger partial charge in [0.1, 0.15) is 5.69 Å². The fourth-order valence-corrected chi connectivity index (χ4v) is 2.71. The zero-order valence-corrected chi connectivity index (χ0v) is 17.5. The lowest BCUT2D eigenvalue weighted by molar-refractivity contribution is 0.102. The van der Waals surface area contributed by atoms with Gasteiger partial charge in [-0.3, -0.25) is 9.78 Å². The van der Waals surface area contributed by atoms with Crippen LogP contribution in [0.2, 0.25) is 0 Å². The smallest absolute Gasteiger partial charge is 0.274 e. The molecule has 0 spiro atoms. The lowest BCUT2D eigenvalue weighted by Gasteiger charge is -2.12. The molecule has 5 nitrogen and oxygen atoms in total. The van der Waals surface area contributed by atoms with Crippen LogP contribution in [0.3, 0.4) is 0 Å². The molecule has 0 bridgehead atoms. The third-order valence-corrected chi connectivity index (χ3v) is 4.22. The minimum Gasteiger partial charge on any atom is -0.387 e. The van der Waals surface area contributed by atoms with Crippen molar-refractivity contribution in [3.63, 3.8) is 0 Å². The normalized spacial score (nSPS) is 10.9. The van der Waals surface area contributed by atoms with Gasteiger partial charge in [0.05, 0.1) is 6.10 Å². The summed E-state index contributed by atoms with van der Waals surface area (Å²) in [7, 11) is 0. The monoisotopic (exact) mass is 433 g/mol. The number of benzene rings is 2. The van der Waals surface area contributed by atoms with E-state index in [9.17, 15) is 9.90 Å². The van der Waals surface area contributed by atoms with Crippen molar-refractivity contribution >= 4 is 36.4 Å². The molecule has 3 aromatic rings. The van der Waals surface area contributed by atoms with Gasteiger partial charge in [-0.1, -0.05) is 48.5 Å². The average Bonchev–Trinajstić information content (AvgIpc) is 2.73. The van der Waals surface area contributed by atoms with Gasteiger partial charge >= 0.3 is 0 Å². The molecule has 1 heterocycles. The molecule has 3 N–H and O–H groups in total. The molecule has 7 heteroatoms. The van der Waals surface area contributed by atoms with E-state index in [-0.39, 0.29) is 30.7 Å². The summed E-state index contributed by atoms with van der Waals surface area (Å²) < 4.78 is 0. The Labute approximate surface area is 183 Å². The number of carbonyl (C=O) groups is 1. The van der Waals surface area contributed by atoms with Crippen molar-refractivity contribution in [2.75, 3.05) is 18.4 Å². The second kappa shape index (κ2) is 12.9. The Kier molecular flexibility index (Phi) is 10.9. The molecular weight excluding hydrogens is 409 g/mol. The van der Waals surface area contributed by atoms with E-state index in [0.717, 1.165) is 29.8 Å². The number of aliphatic hydroxyl groups is 1. The summed E-state index contributed by atoms with van der Waals surface area (Å²) in [5.41, 5.74) is 3.20. The molecule has 0 fully saturated rings.